The second-order valence-corrected chi connectivity index (χ2v) is 3.24. The molecular weight excluding hydrogens is 178 g/mol. The molecule has 14 heavy (non-hydrogen) atoms. The van der Waals surface area contributed by atoms with E-state index in [1.54, 1.807) is 0 Å². The lowest BCUT2D eigenvalue weighted by Gasteiger charge is -1.92. The number of aromatic nitrogens is 1. The van der Waals surface area contributed by atoms with Crippen LogP contribution in [0.25, 0.3) is 10.9 Å². The smallest absolute Gasteiger partial charge is 0.293 e. The van der Waals surface area contributed by atoms with Crippen molar-refractivity contribution in [3.8, 4) is 0 Å². The van der Waals surface area contributed by atoms with E-state index in [-0.39, 0.29) is 0 Å². The van der Waals surface area contributed by atoms with Crippen LogP contribution in [-0.4, -0.2) is 11.5 Å². The Hall–Kier alpha value is -1.77. The zero-order valence-corrected chi connectivity index (χ0v) is 7.91. The van der Waals surface area contributed by atoms with Crippen molar-refractivity contribution in [2.75, 3.05) is 0 Å². The van der Waals surface area contributed by atoms with E-state index in [0.29, 0.717) is 13.1 Å². The number of H-pyrrole nitrogens is 1. The van der Waals surface area contributed by atoms with Crippen LogP contribution in [0.15, 0.2) is 24.3 Å². The van der Waals surface area contributed by atoms with Gasteiger partial charge in [0.05, 0.1) is 5.69 Å². The van der Waals surface area contributed by atoms with Crippen LogP contribution in [0.3, 0.4) is 0 Å². The minimum absolute atomic E-state index is 0.303. The molecule has 1 aromatic heterocycles. The highest BCUT2D eigenvalue weighted by molar-refractivity contribution is 5.83. The van der Waals surface area contributed by atoms with Gasteiger partial charge in [-0.1, -0.05) is 12.1 Å². The normalized spacial score (nSPS) is 10.4. The van der Waals surface area contributed by atoms with Gasteiger partial charge in [0.25, 0.3) is 6.47 Å². The van der Waals surface area contributed by atoms with Crippen molar-refractivity contribution >= 4 is 17.4 Å². The van der Waals surface area contributed by atoms with Gasteiger partial charge < -0.3 is 9.72 Å². The SMILES string of the molecule is Cc1cccc2[nH]c(COC=O)cc12. The van der Waals surface area contributed by atoms with Crippen LogP contribution >= 0.6 is 0 Å². The van der Waals surface area contributed by atoms with Crippen LogP contribution in [0.4, 0.5) is 0 Å². The van der Waals surface area contributed by atoms with Crippen molar-refractivity contribution in [1.29, 1.82) is 0 Å². The van der Waals surface area contributed by atoms with Gasteiger partial charge in [-0.3, -0.25) is 4.79 Å². The summed E-state index contributed by atoms with van der Waals surface area (Å²) in [6.45, 7) is 2.82. The average Bonchev–Trinajstić information content (AvgIpc) is 2.59. The monoisotopic (exact) mass is 189 g/mol. The van der Waals surface area contributed by atoms with E-state index in [1.807, 2.05) is 18.2 Å². The summed E-state index contributed by atoms with van der Waals surface area (Å²) in [5, 5.41) is 1.18. The largest absolute Gasteiger partial charge is 0.461 e. The van der Waals surface area contributed by atoms with Crippen LogP contribution in [0.5, 0.6) is 0 Å². The lowest BCUT2D eigenvalue weighted by molar-refractivity contribution is -0.129. The molecule has 0 saturated heterocycles. The Morgan fingerprint density at radius 1 is 1.50 bits per heavy atom. The molecule has 1 N–H and O–H groups in total. The Morgan fingerprint density at radius 2 is 2.36 bits per heavy atom. The lowest BCUT2D eigenvalue weighted by atomic mass is 10.1. The summed E-state index contributed by atoms with van der Waals surface area (Å²) in [6.07, 6.45) is 0. The molecule has 3 nitrogen and oxygen atoms in total. The number of hydrogen-bond donors (Lipinski definition) is 1. The molecule has 0 unspecified atom stereocenters. The molecule has 0 aliphatic heterocycles. The molecule has 3 heteroatoms. The molecule has 0 atom stereocenters. The van der Waals surface area contributed by atoms with Crippen molar-refractivity contribution in [3.63, 3.8) is 0 Å². The fourth-order valence-corrected chi connectivity index (χ4v) is 1.57. The number of benzene rings is 1. The zero-order valence-electron chi connectivity index (χ0n) is 7.91. The zero-order chi connectivity index (χ0) is 9.97. The molecule has 1 aromatic carbocycles. The standard InChI is InChI=1S/C11H11NO2/c1-8-3-2-4-11-10(8)5-9(12-11)6-14-7-13/h2-5,7,12H,6H2,1H3. The number of carbonyl (C=O) groups excluding carboxylic acids is 1. The molecule has 1 heterocycles. The number of fused-ring (bicyclic) bond motifs is 1. The first-order valence-corrected chi connectivity index (χ1v) is 4.44. The van der Waals surface area contributed by atoms with E-state index in [4.69, 9.17) is 0 Å². The molecule has 0 aliphatic carbocycles. The molecule has 0 radical (unpaired) electrons. The summed E-state index contributed by atoms with van der Waals surface area (Å²) in [7, 11) is 0. The Morgan fingerprint density at radius 3 is 3.07 bits per heavy atom. The molecule has 0 spiro atoms. The van der Waals surface area contributed by atoms with Crippen molar-refractivity contribution in [3.05, 3.63) is 35.5 Å². The van der Waals surface area contributed by atoms with Gasteiger partial charge in [-0.15, -0.1) is 0 Å². The molecule has 2 aromatic rings. The third kappa shape index (κ3) is 1.48. The predicted octanol–water partition coefficient (Wildman–Crippen LogP) is 2.15. The third-order valence-electron chi connectivity index (χ3n) is 2.24. The maximum atomic E-state index is 10.0. The van der Waals surface area contributed by atoms with Crippen LogP contribution in [0, 0.1) is 6.92 Å². The summed E-state index contributed by atoms with van der Waals surface area (Å²) >= 11 is 0. The first-order valence-electron chi connectivity index (χ1n) is 4.44. The van der Waals surface area contributed by atoms with Crippen LogP contribution in [0.2, 0.25) is 0 Å². The van der Waals surface area contributed by atoms with E-state index in [9.17, 15) is 4.79 Å². The number of rotatable bonds is 3. The highest BCUT2D eigenvalue weighted by atomic mass is 16.5. The topological polar surface area (TPSA) is 42.1 Å². The van der Waals surface area contributed by atoms with Gasteiger partial charge in [0.2, 0.25) is 0 Å². The molecule has 0 aliphatic rings. The van der Waals surface area contributed by atoms with Gasteiger partial charge in [0.15, 0.2) is 0 Å². The van der Waals surface area contributed by atoms with Gasteiger partial charge in [0, 0.05) is 10.9 Å². The van der Waals surface area contributed by atoms with Gasteiger partial charge in [0.1, 0.15) is 6.61 Å². The van der Waals surface area contributed by atoms with Crippen LogP contribution < -0.4 is 0 Å². The first-order chi connectivity index (χ1) is 6.81. The molecule has 0 amide bonds. The molecule has 0 saturated carbocycles. The summed E-state index contributed by atoms with van der Waals surface area (Å²) in [5.74, 6) is 0. The van der Waals surface area contributed by atoms with E-state index in [0.717, 1.165) is 11.2 Å². The van der Waals surface area contributed by atoms with E-state index < -0.39 is 0 Å². The predicted molar refractivity (Wildman–Crippen MR) is 53.9 cm³/mol. The second-order valence-electron chi connectivity index (χ2n) is 3.24. The molecule has 0 fully saturated rings. The van der Waals surface area contributed by atoms with E-state index in [2.05, 4.69) is 22.7 Å². The maximum absolute atomic E-state index is 10.0. The minimum Gasteiger partial charge on any atom is -0.461 e. The molecule has 0 bridgehead atoms. The number of nitrogens with one attached hydrogen (secondary N) is 1. The van der Waals surface area contributed by atoms with E-state index in [1.165, 1.54) is 10.9 Å². The van der Waals surface area contributed by atoms with Crippen molar-refractivity contribution in [1.82, 2.24) is 4.98 Å². The van der Waals surface area contributed by atoms with Gasteiger partial charge in [-0.05, 0) is 24.6 Å². The summed E-state index contributed by atoms with van der Waals surface area (Å²) < 4.78 is 4.68. The number of aryl methyl sites for hydroxylation is 1. The summed E-state index contributed by atoms with van der Waals surface area (Å²) in [6, 6.07) is 8.07. The Kier molecular flexibility index (Phi) is 2.23. The summed E-state index contributed by atoms with van der Waals surface area (Å²) in [5.41, 5.74) is 3.21. The fraction of sp³-hybridized carbons (Fsp3) is 0.182. The fourth-order valence-electron chi connectivity index (χ4n) is 1.57. The van der Waals surface area contributed by atoms with Gasteiger partial charge >= 0.3 is 0 Å². The van der Waals surface area contributed by atoms with Gasteiger partial charge in [-0.25, -0.2) is 0 Å². The third-order valence-corrected chi connectivity index (χ3v) is 2.24. The highest BCUT2D eigenvalue weighted by Gasteiger charge is 2.02. The maximum Gasteiger partial charge on any atom is 0.293 e. The summed E-state index contributed by atoms with van der Waals surface area (Å²) in [4.78, 5) is 13.2. The lowest BCUT2D eigenvalue weighted by Crippen LogP contribution is -1.88. The Labute approximate surface area is 81.7 Å². The molecular formula is C11H11NO2. The average molecular weight is 189 g/mol. The minimum atomic E-state index is 0.303. The van der Waals surface area contributed by atoms with E-state index >= 15 is 0 Å². The Balaban J connectivity index is 2.41. The van der Waals surface area contributed by atoms with Gasteiger partial charge in [-0.2, -0.15) is 0 Å². The van der Waals surface area contributed by atoms with Crippen LogP contribution in [0.1, 0.15) is 11.3 Å². The van der Waals surface area contributed by atoms with Crippen molar-refractivity contribution in [2.45, 2.75) is 13.5 Å². The highest BCUT2D eigenvalue weighted by Crippen LogP contribution is 2.19. The van der Waals surface area contributed by atoms with Crippen LogP contribution in [-0.2, 0) is 16.1 Å². The molecule has 2 rings (SSSR count). The first kappa shape index (κ1) is 8.81. The number of ether oxygens (including phenoxy) is 1. The second kappa shape index (κ2) is 3.54. The van der Waals surface area contributed by atoms with Crippen molar-refractivity contribution < 1.29 is 9.53 Å². The number of aromatic amines is 1. The van der Waals surface area contributed by atoms with Crippen molar-refractivity contribution in [2.24, 2.45) is 0 Å². The molecule has 72 valence electrons. The number of hydrogen-bond acceptors (Lipinski definition) is 2. The quantitative estimate of drug-likeness (QED) is 0.751. The number of carbonyl (C=O) groups is 1. The Bertz CT molecular complexity index is 459.